The van der Waals surface area contributed by atoms with Crippen molar-refractivity contribution in [3.8, 4) is 0 Å². The van der Waals surface area contributed by atoms with Gasteiger partial charge in [0.2, 0.25) is 5.91 Å². The topological polar surface area (TPSA) is 287 Å². The van der Waals surface area contributed by atoms with E-state index >= 15 is 0 Å². The number of H-pyrrole nitrogens is 1. The molecular weight excluding hydrogens is 519 g/mol. The van der Waals surface area contributed by atoms with Crippen LogP contribution >= 0.6 is 23.5 Å². The lowest BCUT2D eigenvalue weighted by Crippen LogP contribution is -2.31. The Hall–Kier alpha value is -1.78. The van der Waals surface area contributed by atoms with E-state index in [4.69, 9.17) is 19.4 Å². The number of aromatic amines is 1. The molecular formula is C12H20N3O15P3. The van der Waals surface area contributed by atoms with Gasteiger partial charge in [-0.2, -0.15) is 8.62 Å². The Morgan fingerprint density at radius 1 is 1.24 bits per heavy atom. The number of aromatic nitrogens is 2. The van der Waals surface area contributed by atoms with Gasteiger partial charge in [0.05, 0.1) is 12.7 Å². The van der Waals surface area contributed by atoms with E-state index in [9.17, 15) is 38.1 Å². The molecule has 1 amide bonds. The summed E-state index contributed by atoms with van der Waals surface area (Å²) in [6.45, 7) is 2.21. The highest BCUT2D eigenvalue weighted by Crippen LogP contribution is 2.66. The molecule has 0 radical (unpaired) electrons. The fourth-order valence-electron chi connectivity index (χ4n) is 2.16. The Morgan fingerprint density at radius 2 is 1.82 bits per heavy atom. The summed E-state index contributed by atoms with van der Waals surface area (Å²) < 4.78 is 51.0. The molecule has 188 valence electrons. The molecule has 0 spiro atoms. The maximum absolute atomic E-state index is 11.7. The molecule has 0 saturated carbocycles. The van der Waals surface area contributed by atoms with Crippen molar-refractivity contribution in [2.24, 2.45) is 5.73 Å². The monoisotopic (exact) mass is 539 g/mol. The first kappa shape index (κ1) is 29.3. The molecule has 8 N–H and O–H groups in total. The maximum atomic E-state index is 11.7. The minimum absolute atomic E-state index is 0.170. The fourth-order valence-corrected chi connectivity index (χ4v) is 5.19. The van der Waals surface area contributed by atoms with E-state index in [1.165, 1.54) is 0 Å². The summed E-state index contributed by atoms with van der Waals surface area (Å²) >= 11 is 0. The lowest BCUT2D eigenvalue weighted by Gasteiger charge is -2.19. The van der Waals surface area contributed by atoms with E-state index in [0.717, 1.165) is 22.9 Å². The second-order valence-corrected chi connectivity index (χ2v) is 10.4. The lowest BCUT2D eigenvalue weighted by atomic mass is 10.2. The minimum atomic E-state index is -5.67. The summed E-state index contributed by atoms with van der Waals surface area (Å²) in [6, 6.07) is 1.02. The van der Waals surface area contributed by atoms with Crippen LogP contribution in [0.2, 0.25) is 0 Å². The van der Waals surface area contributed by atoms with Crippen molar-refractivity contribution in [3.05, 3.63) is 45.8 Å². The average molecular weight is 539 g/mol. The van der Waals surface area contributed by atoms with Gasteiger partial charge in [-0.25, -0.2) is 18.5 Å². The highest BCUT2D eigenvalue weighted by atomic mass is 31.3. The Kier molecular flexibility index (Phi) is 10.3. The highest BCUT2D eigenvalue weighted by Gasteiger charge is 2.42. The zero-order valence-electron chi connectivity index (χ0n) is 16.3. The molecule has 2 unspecified atom stereocenters. The minimum Gasteiger partial charge on any atom is -0.390 e. The van der Waals surface area contributed by atoms with Gasteiger partial charge in [-0.15, -0.1) is 0 Å². The number of rotatable bonds is 9. The van der Waals surface area contributed by atoms with E-state index in [2.05, 4.69) is 25.5 Å². The molecule has 18 nitrogen and oxygen atoms in total. The average Bonchev–Trinajstić information content (AvgIpc) is 2.98. The Bertz CT molecular complexity index is 1110. The van der Waals surface area contributed by atoms with Gasteiger partial charge in [-0.3, -0.25) is 23.7 Å². The number of hydrogen-bond acceptors (Lipinski definition) is 11. The highest BCUT2D eigenvalue weighted by molar-refractivity contribution is 7.66. The number of nitrogens with two attached hydrogens (primary N) is 1. The van der Waals surface area contributed by atoms with Gasteiger partial charge < -0.3 is 35.2 Å². The van der Waals surface area contributed by atoms with Crippen molar-refractivity contribution in [1.82, 2.24) is 9.55 Å². The molecule has 2 heterocycles. The Morgan fingerprint density at radius 3 is 2.30 bits per heavy atom. The zero-order valence-corrected chi connectivity index (χ0v) is 19.0. The molecule has 1 aromatic rings. The zero-order chi connectivity index (χ0) is 25.6. The molecule has 33 heavy (non-hydrogen) atoms. The van der Waals surface area contributed by atoms with Gasteiger partial charge in [0.1, 0.15) is 12.3 Å². The number of carbonyl (C=O) groups is 1. The number of nitrogens with zero attached hydrogens (tertiary/aromatic N) is 1. The van der Waals surface area contributed by atoms with E-state index < -0.39 is 65.7 Å². The largest absolute Gasteiger partial charge is 0.490 e. The van der Waals surface area contributed by atoms with Crippen LogP contribution in [0.15, 0.2) is 34.5 Å². The Labute approximate surface area is 183 Å². The van der Waals surface area contributed by atoms with Crippen molar-refractivity contribution >= 4 is 29.4 Å². The number of ether oxygens (including phenoxy) is 1. The summed E-state index contributed by atoms with van der Waals surface area (Å²) in [5.41, 5.74) is 3.04. The van der Waals surface area contributed by atoms with Gasteiger partial charge >= 0.3 is 29.2 Å². The third-order valence-electron chi connectivity index (χ3n) is 3.38. The number of amides is 1. The molecule has 1 saturated heterocycles. The van der Waals surface area contributed by atoms with Crippen molar-refractivity contribution in [1.29, 1.82) is 0 Å². The number of aliphatic hydroxyl groups excluding tert-OH is 1. The summed E-state index contributed by atoms with van der Waals surface area (Å²) in [7, 11) is -16.6. The van der Waals surface area contributed by atoms with Crippen molar-refractivity contribution < 1.29 is 61.1 Å². The lowest BCUT2D eigenvalue weighted by molar-refractivity contribution is -0.113. The van der Waals surface area contributed by atoms with Gasteiger partial charge in [0.15, 0.2) is 0 Å². The third kappa shape index (κ3) is 10.8. The van der Waals surface area contributed by atoms with Crippen molar-refractivity contribution in [3.63, 3.8) is 0 Å². The molecule has 0 aliphatic carbocycles. The van der Waals surface area contributed by atoms with Crippen LogP contribution in [0.1, 0.15) is 12.6 Å². The molecule has 2 rings (SSSR count). The van der Waals surface area contributed by atoms with Gasteiger partial charge in [-0.05, 0) is 6.08 Å². The predicted octanol–water partition coefficient (Wildman–Crippen LogP) is -1.81. The van der Waals surface area contributed by atoms with Crippen molar-refractivity contribution in [2.75, 3.05) is 6.61 Å². The smallest absolute Gasteiger partial charge is 0.390 e. The second-order valence-electron chi connectivity index (χ2n) is 5.94. The third-order valence-corrected chi connectivity index (χ3v) is 7.19. The van der Waals surface area contributed by atoms with Gasteiger partial charge in [-0.1, -0.05) is 6.58 Å². The number of aliphatic hydroxyl groups is 1. The van der Waals surface area contributed by atoms with E-state index in [1.807, 2.05) is 4.98 Å². The van der Waals surface area contributed by atoms with Crippen LogP contribution in [0.25, 0.3) is 0 Å². The van der Waals surface area contributed by atoms with Crippen LogP contribution in [-0.2, 0) is 36.4 Å². The van der Waals surface area contributed by atoms with E-state index in [0.29, 0.717) is 0 Å². The number of nitrogens with one attached hydrogen (secondary N) is 1. The second kappa shape index (κ2) is 11.6. The summed E-state index contributed by atoms with van der Waals surface area (Å²) in [5.74, 6) is -0.481. The number of carbonyl (C=O) groups excluding carboxylic acids is 1. The van der Waals surface area contributed by atoms with Crippen LogP contribution in [0, 0.1) is 0 Å². The fraction of sp³-hybridized carbons (Fsp3) is 0.417. The predicted molar refractivity (Wildman–Crippen MR) is 105 cm³/mol. The first-order valence-corrected chi connectivity index (χ1v) is 12.8. The quantitative estimate of drug-likeness (QED) is 0.134. The summed E-state index contributed by atoms with van der Waals surface area (Å²) in [4.78, 5) is 69.4. The first-order chi connectivity index (χ1) is 14.9. The van der Waals surface area contributed by atoms with Crippen LogP contribution in [0.5, 0.6) is 0 Å². The SMILES string of the molecule is C=CC(N)=O.O=c1ccn([C@H]2C[C@H](O)[C@@H](COP(=O)(O)OP(=O)(O)OP(=O)(O)O)O2)c(=O)[nH]1. The molecule has 1 aromatic heterocycles. The van der Waals surface area contributed by atoms with Crippen LogP contribution in [-0.4, -0.2) is 59.0 Å². The number of phosphoric ester groups is 1. The molecule has 0 aromatic carbocycles. The standard InChI is InChI=1S/C9H15N2O14P3.C3H5NO/c12-5-3-8(11-2-1-7(13)10-9(11)14)23-6(5)4-22-27(18,19)25-28(20,21)24-26(15,16)17;1-2-3(4)5/h1-2,5-6,8,12H,3-4H2,(H,18,19)(H,20,21)(H,10,13,14)(H2,15,16,17);2H,1H2,(H2,4,5)/t5-,6+,8+;/m0./s1. The van der Waals surface area contributed by atoms with Gasteiger partial charge in [0.25, 0.3) is 5.56 Å². The first-order valence-electron chi connectivity index (χ1n) is 8.30. The molecule has 0 bridgehead atoms. The van der Waals surface area contributed by atoms with Crippen LogP contribution in [0.3, 0.4) is 0 Å². The van der Waals surface area contributed by atoms with E-state index in [1.54, 1.807) is 0 Å². The number of phosphoric acid groups is 3. The molecule has 5 atom stereocenters. The summed E-state index contributed by atoms with van der Waals surface area (Å²) in [5, 5.41) is 9.91. The molecule has 1 fully saturated rings. The van der Waals surface area contributed by atoms with Gasteiger partial charge in [0, 0.05) is 18.7 Å². The normalized spacial score (nSPS) is 24.1. The molecule has 21 heteroatoms. The Balaban J connectivity index is 0.000000981. The summed E-state index contributed by atoms with van der Waals surface area (Å²) in [6.07, 6.45) is -1.68. The number of primary amides is 1. The van der Waals surface area contributed by atoms with Crippen LogP contribution < -0.4 is 17.0 Å². The van der Waals surface area contributed by atoms with Crippen molar-refractivity contribution in [2.45, 2.75) is 24.9 Å². The van der Waals surface area contributed by atoms with Crippen LogP contribution in [0.4, 0.5) is 0 Å². The maximum Gasteiger partial charge on any atom is 0.490 e. The number of hydrogen-bond donors (Lipinski definition) is 7. The molecule has 1 aliphatic heterocycles. The molecule has 1 aliphatic rings. The van der Waals surface area contributed by atoms with E-state index in [-0.39, 0.29) is 6.42 Å².